The molecule has 0 amide bonds. The van der Waals surface area contributed by atoms with E-state index in [1.165, 1.54) is 6.33 Å². The van der Waals surface area contributed by atoms with Gasteiger partial charge in [0.15, 0.2) is 11.5 Å². The number of nitrogens with zero attached hydrogens (tertiary/aromatic N) is 2. The van der Waals surface area contributed by atoms with Crippen LogP contribution < -0.4 is 15.2 Å². The van der Waals surface area contributed by atoms with Gasteiger partial charge in [0.05, 0.1) is 19.3 Å². The second kappa shape index (κ2) is 6.19. The molecule has 0 aliphatic rings. The summed E-state index contributed by atoms with van der Waals surface area (Å²) in [6.45, 7) is 5.03. The fourth-order valence-corrected chi connectivity index (χ4v) is 1.78. The molecule has 19 heavy (non-hydrogen) atoms. The Kier molecular flexibility index (Phi) is 4.35. The fourth-order valence-electron chi connectivity index (χ4n) is 1.78. The fraction of sp³-hybridized carbons (Fsp3) is 0.385. The molecule has 0 spiro atoms. The van der Waals surface area contributed by atoms with E-state index in [0.29, 0.717) is 24.8 Å². The maximum absolute atomic E-state index is 6.12. The minimum absolute atomic E-state index is 0.364. The zero-order valence-corrected chi connectivity index (χ0v) is 11.1. The number of hydrogen-bond donors (Lipinski definition) is 2. The van der Waals surface area contributed by atoms with Gasteiger partial charge in [-0.2, -0.15) is 5.10 Å². The number of H-pyrrole nitrogens is 1. The Labute approximate surface area is 111 Å². The van der Waals surface area contributed by atoms with Gasteiger partial charge in [0, 0.05) is 0 Å². The van der Waals surface area contributed by atoms with Crippen molar-refractivity contribution in [1.82, 2.24) is 15.2 Å². The highest BCUT2D eigenvalue weighted by Crippen LogP contribution is 2.31. The predicted molar refractivity (Wildman–Crippen MR) is 71.2 cm³/mol. The molecule has 1 heterocycles. The van der Waals surface area contributed by atoms with Crippen molar-refractivity contribution in [1.29, 1.82) is 0 Å². The summed E-state index contributed by atoms with van der Waals surface area (Å²) in [7, 11) is 0. The van der Waals surface area contributed by atoms with Crippen molar-refractivity contribution in [2.75, 3.05) is 13.2 Å². The summed E-state index contributed by atoms with van der Waals surface area (Å²) in [6.07, 6.45) is 1.44. The Hall–Kier alpha value is -2.08. The monoisotopic (exact) mass is 262 g/mol. The van der Waals surface area contributed by atoms with Gasteiger partial charge in [0.2, 0.25) is 0 Å². The quantitative estimate of drug-likeness (QED) is 0.826. The Morgan fingerprint density at radius 2 is 1.95 bits per heavy atom. The van der Waals surface area contributed by atoms with Gasteiger partial charge in [-0.3, -0.25) is 5.10 Å². The van der Waals surface area contributed by atoms with Crippen molar-refractivity contribution < 1.29 is 9.47 Å². The van der Waals surface area contributed by atoms with Crippen molar-refractivity contribution in [2.45, 2.75) is 19.9 Å². The molecule has 6 heteroatoms. The minimum atomic E-state index is -0.364. The van der Waals surface area contributed by atoms with E-state index in [4.69, 9.17) is 15.2 Å². The van der Waals surface area contributed by atoms with Crippen LogP contribution in [0.3, 0.4) is 0 Å². The first-order valence-electron chi connectivity index (χ1n) is 6.26. The van der Waals surface area contributed by atoms with E-state index >= 15 is 0 Å². The molecule has 0 saturated heterocycles. The van der Waals surface area contributed by atoms with Crippen LogP contribution in [0.5, 0.6) is 11.5 Å². The summed E-state index contributed by atoms with van der Waals surface area (Å²) >= 11 is 0. The lowest BCUT2D eigenvalue weighted by molar-refractivity contribution is 0.287. The molecule has 6 nitrogen and oxygen atoms in total. The normalized spacial score (nSPS) is 12.2. The minimum Gasteiger partial charge on any atom is -0.490 e. The molecule has 0 fully saturated rings. The maximum atomic E-state index is 6.12. The number of benzene rings is 1. The molecule has 3 N–H and O–H groups in total. The second-order valence-electron chi connectivity index (χ2n) is 3.92. The summed E-state index contributed by atoms with van der Waals surface area (Å²) in [6, 6.07) is 5.28. The van der Waals surface area contributed by atoms with Crippen LogP contribution in [0.25, 0.3) is 0 Å². The van der Waals surface area contributed by atoms with E-state index in [1.807, 2.05) is 32.0 Å². The number of ether oxygens (including phenoxy) is 2. The molecule has 0 radical (unpaired) electrons. The number of rotatable bonds is 6. The molecule has 1 unspecified atom stereocenters. The van der Waals surface area contributed by atoms with Crippen LogP contribution in [0.1, 0.15) is 31.3 Å². The third-order valence-electron chi connectivity index (χ3n) is 2.65. The molecule has 0 bridgehead atoms. The van der Waals surface area contributed by atoms with Crippen LogP contribution in [0.2, 0.25) is 0 Å². The van der Waals surface area contributed by atoms with Crippen molar-refractivity contribution in [3.8, 4) is 11.5 Å². The largest absolute Gasteiger partial charge is 0.490 e. The molecule has 0 saturated carbocycles. The molecule has 2 aromatic rings. The molecular weight excluding hydrogens is 244 g/mol. The highest BCUT2D eigenvalue weighted by molar-refractivity contribution is 5.44. The van der Waals surface area contributed by atoms with Crippen LogP contribution in [0.15, 0.2) is 24.5 Å². The Bertz CT molecular complexity index is 513. The van der Waals surface area contributed by atoms with Crippen molar-refractivity contribution in [2.24, 2.45) is 5.73 Å². The maximum Gasteiger partial charge on any atom is 0.161 e. The number of hydrogen-bond acceptors (Lipinski definition) is 5. The van der Waals surface area contributed by atoms with Gasteiger partial charge >= 0.3 is 0 Å². The Morgan fingerprint density at radius 3 is 2.58 bits per heavy atom. The first-order valence-corrected chi connectivity index (χ1v) is 6.26. The standard InChI is InChI=1S/C13H18N4O2/c1-3-18-10-6-5-9(7-11(10)19-4-2)12(14)13-15-8-16-17-13/h5-8,12H,3-4,14H2,1-2H3,(H,15,16,17). The second-order valence-corrected chi connectivity index (χ2v) is 3.92. The topological polar surface area (TPSA) is 86.0 Å². The zero-order valence-electron chi connectivity index (χ0n) is 11.1. The van der Waals surface area contributed by atoms with E-state index in [0.717, 1.165) is 11.3 Å². The van der Waals surface area contributed by atoms with Gasteiger partial charge in [-0.25, -0.2) is 4.98 Å². The number of nitrogens with one attached hydrogen (secondary N) is 1. The van der Waals surface area contributed by atoms with Gasteiger partial charge in [-0.1, -0.05) is 6.07 Å². The zero-order chi connectivity index (χ0) is 13.7. The Balaban J connectivity index is 2.29. The average molecular weight is 262 g/mol. The highest BCUT2D eigenvalue weighted by Gasteiger charge is 2.15. The smallest absolute Gasteiger partial charge is 0.161 e. The van der Waals surface area contributed by atoms with Crippen molar-refractivity contribution in [3.63, 3.8) is 0 Å². The lowest BCUT2D eigenvalue weighted by Crippen LogP contribution is -2.14. The van der Waals surface area contributed by atoms with Crippen molar-refractivity contribution >= 4 is 0 Å². The van der Waals surface area contributed by atoms with Gasteiger partial charge in [-0.15, -0.1) is 0 Å². The third-order valence-corrected chi connectivity index (χ3v) is 2.65. The first kappa shape index (κ1) is 13.4. The van der Waals surface area contributed by atoms with E-state index in [-0.39, 0.29) is 6.04 Å². The lowest BCUT2D eigenvalue weighted by atomic mass is 10.1. The van der Waals surface area contributed by atoms with Gasteiger partial charge < -0.3 is 15.2 Å². The molecule has 1 atom stereocenters. The number of aromatic amines is 1. The van der Waals surface area contributed by atoms with Crippen LogP contribution in [0.4, 0.5) is 0 Å². The van der Waals surface area contributed by atoms with E-state index in [1.54, 1.807) is 0 Å². The van der Waals surface area contributed by atoms with E-state index < -0.39 is 0 Å². The first-order chi connectivity index (χ1) is 9.26. The summed E-state index contributed by atoms with van der Waals surface area (Å²) in [5.41, 5.74) is 7.01. The summed E-state index contributed by atoms with van der Waals surface area (Å²) in [5.74, 6) is 2.03. The molecule has 0 aliphatic carbocycles. The molecule has 1 aromatic heterocycles. The average Bonchev–Trinajstić information content (AvgIpc) is 2.94. The summed E-state index contributed by atoms with van der Waals surface area (Å²) in [4.78, 5) is 4.06. The van der Waals surface area contributed by atoms with Crippen LogP contribution in [-0.2, 0) is 0 Å². The Morgan fingerprint density at radius 1 is 1.21 bits per heavy atom. The van der Waals surface area contributed by atoms with Crippen molar-refractivity contribution in [3.05, 3.63) is 35.9 Å². The molecule has 1 aromatic carbocycles. The third kappa shape index (κ3) is 3.03. The lowest BCUT2D eigenvalue weighted by Gasteiger charge is -2.14. The van der Waals surface area contributed by atoms with Gasteiger partial charge in [0.1, 0.15) is 12.2 Å². The molecule has 102 valence electrons. The van der Waals surface area contributed by atoms with E-state index in [2.05, 4.69) is 15.2 Å². The molecule has 2 rings (SSSR count). The van der Waals surface area contributed by atoms with E-state index in [9.17, 15) is 0 Å². The van der Waals surface area contributed by atoms with Gasteiger partial charge in [-0.05, 0) is 31.5 Å². The SMILES string of the molecule is CCOc1ccc(C(N)c2ncn[nH]2)cc1OCC. The van der Waals surface area contributed by atoms with Gasteiger partial charge in [0.25, 0.3) is 0 Å². The highest BCUT2D eigenvalue weighted by atomic mass is 16.5. The van der Waals surface area contributed by atoms with Crippen LogP contribution in [-0.4, -0.2) is 28.4 Å². The van der Waals surface area contributed by atoms with Crippen LogP contribution >= 0.6 is 0 Å². The summed E-state index contributed by atoms with van der Waals surface area (Å²) in [5, 5.41) is 6.57. The predicted octanol–water partition coefficient (Wildman–Crippen LogP) is 1.65. The summed E-state index contributed by atoms with van der Waals surface area (Å²) < 4.78 is 11.1. The molecular formula is C13H18N4O2. The number of nitrogens with two attached hydrogens (primary N) is 1. The number of aromatic nitrogens is 3. The van der Waals surface area contributed by atoms with Crippen LogP contribution in [0, 0.1) is 0 Å². The molecule has 0 aliphatic heterocycles.